The van der Waals surface area contributed by atoms with Gasteiger partial charge in [0.05, 0.1) is 34.5 Å². The summed E-state index contributed by atoms with van der Waals surface area (Å²) in [6.45, 7) is 3.10. The zero-order valence-electron chi connectivity index (χ0n) is 20.3. The molecule has 1 atom stereocenters. The molecule has 0 bridgehead atoms. The standard InChI is InChI=1S/C25H23Cl2N5O5S/c1-3-35-24(34)21-14(2)30-25(38)31-22(21)16-6-4-5-7-19(16)37-13-20(33)32-29-12-15-10-17(26)23(18(27)11-15)36-9-8-28/h4-7,10-12,22H,3,9,13H2,1-2H3,(H,32,33)(H2,30,31,38)/t22-/m1/s1. The number of esters is 1. The van der Waals surface area contributed by atoms with Crippen molar-refractivity contribution in [3.05, 3.63) is 68.8 Å². The summed E-state index contributed by atoms with van der Waals surface area (Å²) in [4.78, 5) is 25.0. The Balaban J connectivity index is 1.68. The van der Waals surface area contributed by atoms with Gasteiger partial charge in [0.1, 0.15) is 11.8 Å². The first-order chi connectivity index (χ1) is 18.2. The van der Waals surface area contributed by atoms with Crippen molar-refractivity contribution in [2.24, 2.45) is 5.10 Å². The van der Waals surface area contributed by atoms with Crippen molar-refractivity contribution in [2.45, 2.75) is 19.9 Å². The van der Waals surface area contributed by atoms with Crippen LogP contribution in [0.3, 0.4) is 0 Å². The highest BCUT2D eigenvalue weighted by atomic mass is 35.5. The van der Waals surface area contributed by atoms with E-state index in [1.54, 1.807) is 38.1 Å². The van der Waals surface area contributed by atoms with Crippen LogP contribution in [0.4, 0.5) is 0 Å². The number of hydrogen-bond donors (Lipinski definition) is 3. The van der Waals surface area contributed by atoms with Crippen LogP contribution >= 0.6 is 35.4 Å². The van der Waals surface area contributed by atoms with Crippen LogP contribution in [0.25, 0.3) is 0 Å². The van der Waals surface area contributed by atoms with E-state index in [1.165, 1.54) is 18.3 Å². The summed E-state index contributed by atoms with van der Waals surface area (Å²) in [6, 6.07) is 11.2. The van der Waals surface area contributed by atoms with Gasteiger partial charge in [-0.3, -0.25) is 4.79 Å². The quantitative estimate of drug-likeness (QED) is 0.167. The number of ether oxygens (including phenoxy) is 3. The van der Waals surface area contributed by atoms with Crippen molar-refractivity contribution >= 4 is 58.6 Å². The second-order valence-electron chi connectivity index (χ2n) is 7.67. The predicted octanol–water partition coefficient (Wildman–Crippen LogP) is 3.78. The minimum absolute atomic E-state index is 0.184. The fourth-order valence-corrected chi connectivity index (χ4v) is 4.39. The van der Waals surface area contributed by atoms with Gasteiger partial charge in [-0.2, -0.15) is 10.4 Å². The van der Waals surface area contributed by atoms with Crippen LogP contribution in [0.1, 0.15) is 31.0 Å². The van der Waals surface area contributed by atoms with Crippen molar-refractivity contribution < 1.29 is 23.8 Å². The van der Waals surface area contributed by atoms with E-state index in [9.17, 15) is 9.59 Å². The van der Waals surface area contributed by atoms with Gasteiger partial charge in [-0.15, -0.1) is 0 Å². The number of allylic oxidation sites excluding steroid dienone is 1. The molecular weight excluding hydrogens is 553 g/mol. The Morgan fingerprint density at radius 2 is 1.95 bits per heavy atom. The van der Waals surface area contributed by atoms with E-state index in [4.69, 9.17) is 54.9 Å². The van der Waals surface area contributed by atoms with Crippen molar-refractivity contribution in [3.8, 4) is 17.6 Å². The summed E-state index contributed by atoms with van der Waals surface area (Å²) in [5.41, 5.74) is 4.37. The minimum atomic E-state index is -0.644. The Labute approximate surface area is 234 Å². The maximum absolute atomic E-state index is 12.7. The molecular formula is C25H23Cl2N5O5S. The van der Waals surface area contributed by atoms with E-state index >= 15 is 0 Å². The molecule has 0 aromatic heterocycles. The highest BCUT2D eigenvalue weighted by molar-refractivity contribution is 7.80. The molecule has 0 spiro atoms. The summed E-state index contributed by atoms with van der Waals surface area (Å²) in [7, 11) is 0. The lowest BCUT2D eigenvalue weighted by Gasteiger charge is -2.30. The molecule has 0 radical (unpaired) electrons. The van der Waals surface area contributed by atoms with Gasteiger partial charge in [-0.1, -0.05) is 41.4 Å². The first-order valence-corrected chi connectivity index (χ1v) is 12.4. The normalized spacial score (nSPS) is 14.8. The molecule has 0 saturated heterocycles. The molecule has 1 aliphatic rings. The van der Waals surface area contributed by atoms with Gasteiger partial charge in [0.15, 0.2) is 24.1 Å². The number of nitrogens with one attached hydrogen (secondary N) is 3. The molecule has 10 nitrogen and oxygen atoms in total. The molecule has 13 heteroatoms. The topological polar surface area (TPSA) is 134 Å². The van der Waals surface area contributed by atoms with E-state index < -0.39 is 17.9 Å². The van der Waals surface area contributed by atoms with Gasteiger partial charge in [0, 0.05) is 11.3 Å². The maximum atomic E-state index is 12.7. The molecule has 2 aromatic rings. The largest absolute Gasteiger partial charge is 0.483 e. The van der Waals surface area contributed by atoms with Crippen LogP contribution in [0.15, 0.2) is 52.8 Å². The van der Waals surface area contributed by atoms with Gasteiger partial charge in [-0.05, 0) is 49.8 Å². The summed E-state index contributed by atoms with van der Waals surface area (Å²) in [5.74, 6) is -0.476. The van der Waals surface area contributed by atoms with Crippen LogP contribution in [0.5, 0.6) is 11.5 Å². The summed E-state index contributed by atoms with van der Waals surface area (Å²) >= 11 is 17.6. The van der Waals surface area contributed by atoms with Crippen LogP contribution in [0, 0.1) is 11.3 Å². The SMILES string of the molecule is CCOC(=O)C1=C(C)NC(=S)N[C@@H]1c1ccccc1OCC(=O)NN=Cc1cc(Cl)c(OCC#N)c(Cl)c1. The molecule has 0 aliphatic carbocycles. The number of carbonyl (C=O) groups is 2. The smallest absolute Gasteiger partial charge is 0.338 e. The molecule has 0 unspecified atom stereocenters. The number of nitriles is 1. The van der Waals surface area contributed by atoms with Crippen LogP contribution in [-0.2, 0) is 14.3 Å². The van der Waals surface area contributed by atoms with E-state index in [2.05, 4.69) is 21.2 Å². The average Bonchev–Trinajstić information content (AvgIpc) is 2.87. The van der Waals surface area contributed by atoms with Crippen LogP contribution in [0.2, 0.25) is 10.0 Å². The third-order valence-corrected chi connectivity index (χ3v) is 5.84. The Hall–Kier alpha value is -3.85. The van der Waals surface area contributed by atoms with Crippen molar-refractivity contribution in [1.29, 1.82) is 5.26 Å². The molecule has 1 heterocycles. The summed E-state index contributed by atoms with van der Waals surface area (Å²) in [5, 5.41) is 19.3. The van der Waals surface area contributed by atoms with Crippen LogP contribution in [-0.4, -0.2) is 43.0 Å². The number of benzene rings is 2. The number of halogens is 2. The molecule has 38 heavy (non-hydrogen) atoms. The summed E-state index contributed by atoms with van der Waals surface area (Å²) < 4.78 is 16.2. The van der Waals surface area contributed by atoms with Gasteiger partial charge in [0.2, 0.25) is 0 Å². The number of carbonyl (C=O) groups excluding carboxylic acids is 2. The summed E-state index contributed by atoms with van der Waals surface area (Å²) in [6.07, 6.45) is 1.34. The van der Waals surface area contributed by atoms with Crippen LogP contribution < -0.4 is 25.5 Å². The molecule has 1 aliphatic heterocycles. The Kier molecular flexibility index (Phi) is 10.3. The van der Waals surface area contributed by atoms with E-state index in [0.29, 0.717) is 33.3 Å². The second kappa shape index (κ2) is 13.6. The van der Waals surface area contributed by atoms with E-state index in [1.807, 2.05) is 6.07 Å². The molecule has 0 fully saturated rings. The maximum Gasteiger partial charge on any atom is 0.338 e. The van der Waals surface area contributed by atoms with E-state index in [0.717, 1.165) is 0 Å². The number of nitrogens with zero attached hydrogens (tertiary/aromatic N) is 2. The molecule has 0 saturated carbocycles. The van der Waals surface area contributed by atoms with Gasteiger partial charge in [-0.25, -0.2) is 10.2 Å². The molecule has 1 amide bonds. The zero-order chi connectivity index (χ0) is 27.7. The molecule has 3 N–H and O–H groups in total. The number of hydrazone groups is 1. The average molecular weight is 576 g/mol. The Bertz CT molecular complexity index is 1320. The fraction of sp³-hybridized carbons (Fsp3) is 0.240. The van der Waals surface area contributed by atoms with Gasteiger partial charge < -0.3 is 24.8 Å². The number of rotatable bonds is 10. The third-order valence-electron chi connectivity index (χ3n) is 5.06. The first kappa shape index (κ1) is 28.7. The third kappa shape index (κ3) is 7.35. The second-order valence-corrected chi connectivity index (χ2v) is 8.89. The fourth-order valence-electron chi connectivity index (χ4n) is 3.51. The molecule has 3 rings (SSSR count). The Morgan fingerprint density at radius 1 is 1.24 bits per heavy atom. The Morgan fingerprint density at radius 3 is 2.63 bits per heavy atom. The molecule has 198 valence electrons. The number of para-hydroxylation sites is 1. The number of thiocarbonyl (C=S) groups is 1. The number of hydrogen-bond acceptors (Lipinski definition) is 8. The lowest BCUT2D eigenvalue weighted by Crippen LogP contribution is -2.45. The minimum Gasteiger partial charge on any atom is -0.483 e. The van der Waals surface area contributed by atoms with Crippen molar-refractivity contribution in [3.63, 3.8) is 0 Å². The highest BCUT2D eigenvalue weighted by Crippen LogP contribution is 2.34. The van der Waals surface area contributed by atoms with Crippen molar-refractivity contribution in [2.75, 3.05) is 19.8 Å². The first-order valence-electron chi connectivity index (χ1n) is 11.2. The number of amides is 1. The molecule has 2 aromatic carbocycles. The highest BCUT2D eigenvalue weighted by Gasteiger charge is 2.32. The monoisotopic (exact) mass is 575 g/mol. The van der Waals surface area contributed by atoms with Crippen molar-refractivity contribution in [1.82, 2.24) is 16.1 Å². The van der Waals surface area contributed by atoms with Gasteiger partial charge in [0.25, 0.3) is 5.91 Å². The van der Waals surface area contributed by atoms with E-state index in [-0.39, 0.29) is 35.6 Å². The lowest BCUT2D eigenvalue weighted by molar-refractivity contribution is -0.139. The lowest BCUT2D eigenvalue weighted by atomic mass is 9.95. The van der Waals surface area contributed by atoms with Gasteiger partial charge >= 0.3 is 5.97 Å². The predicted molar refractivity (Wildman–Crippen MR) is 146 cm³/mol. The zero-order valence-corrected chi connectivity index (χ0v) is 22.7.